The van der Waals surface area contributed by atoms with Crippen LogP contribution in [0.2, 0.25) is 0 Å². The summed E-state index contributed by atoms with van der Waals surface area (Å²) in [6.07, 6.45) is 0.684. The van der Waals surface area contributed by atoms with E-state index in [1.165, 1.54) is 12.1 Å². The van der Waals surface area contributed by atoms with E-state index in [0.29, 0.717) is 23.5 Å². The predicted octanol–water partition coefficient (Wildman–Crippen LogP) is 4.14. The number of fused-ring (bicyclic) bond motifs is 1. The third kappa shape index (κ3) is 5.28. The minimum Gasteiger partial charge on any atom is -0.462 e. The van der Waals surface area contributed by atoms with E-state index in [-0.39, 0.29) is 27.7 Å². The molecule has 0 saturated carbocycles. The Morgan fingerprint density at radius 2 is 1.69 bits per heavy atom. The maximum atomic E-state index is 13.4. The van der Waals surface area contributed by atoms with E-state index in [9.17, 15) is 19.2 Å². The highest BCUT2D eigenvalue weighted by molar-refractivity contribution is 7.19. The molecule has 178 valence electrons. The van der Waals surface area contributed by atoms with Crippen LogP contribution in [0.15, 0.2) is 65.5 Å². The summed E-state index contributed by atoms with van der Waals surface area (Å²) in [6, 6.07) is 16.3. The first-order chi connectivity index (χ1) is 16.9. The van der Waals surface area contributed by atoms with Crippen molar-refractivity contribution in [1.82, 2.24) is 9.38 Å². The number of esters is 1. The number of para-hydroxylation sites is 1. The Bertz CT molecular complexity index is 1480. The fraction of sp³-hybridized carbons (Fsp3) is 0.160. The van der Waals surface area contributed by atoms with Crippen LogP contribution in [-0.4, -0.2) is 33.8 Å². The number of rotatable bonds is 7. The molecule has 4 aromatic rings. The average Bonchev–Trinajstić information content (AvgIpc) is 3.23. The summed E-state index contributed by atoms with van der Waals surface area (Å²) in [5, 5.41) is 5.42. The number of aromatic nitrogens is 2. The maximum Gasteiger partial charge on any atom is 0.338 e. The Morgan fingerprint density at radius 1 is 0.971 bits per heavy atom. The number of nitrogens with one attached hydrogen (secondary N) is 2. The van der Waals surface area contributed by atoms with Gasteiger partial charge in [-0.25, -0.2) is 14.2 Å². The van der Waals surface area contributed by atoms with E-state index in [4.69, 9.17) is 4.74 Å². The number of anilines is 2. The third-order valence-electron chi connectivity index (χ3n) is 4.89. The molecule has 0 spiro atoms. The summed E-state index contributed by atoms with van der Waals surface area (Å²) >= 11 is 0.940. The molecule has 2 N–H and O–H groups in total. The van der Waals surface area contributed by atoms with Crippen molar-refractivity contribution < 1.29 is 19.1 Å². The Kier molecular flexibility index (Phi) is 7.02. The van der Waals surface area contributed by atoms with Crippen LogP contribution >= 0.6 is 11.3 Å². The predicted molar refractivity (Wildman–Crippen MR) is 133 cm³/mol. The molecule has 0 fully saturated rings. The summed E-state index contributed by atoms with van der Waals surface area (Å²) in [5.74, 6) is -1.75. The molecule has 2 heterocycles. The zero-order chi connectivity index (χ0) is 24.9. The molecule has 0 aliphatic rings. The van der Waals surface area contributed by atoms with Gasteiger partial charge in [0.05, 0.1) is 12.2 Å². The van der Waals surface area contributed by atoms with Gasteiger partial charge in [0.1, 0.15) is 10.6 Å². The molecule has 10 heteroatoms. The van der Waals surface area contributed by atoms with Crippen LogP contribution in [-0.2, 0) is 4.74 Å². The molecule has 0 atom stereocenters. The SMILES string of the molecule is CCCOC(=O)c1cccc(NC(=O)c2c(C(=O)Nc3ccccc3)sc3nc(C)cc(=O)n23)c1. The second kappa shape index (κ2) is 10.3. The highest BCUT2D eigenvalue weighted by Crippen LogP contribution is 2.24. The molecule has 2 amide bonds. The molecule has 4 rings (SSSR count). The minimum absolute atomic E-state index is 0.0278. The van der Waals surface area contributed by atoms with Gasteiger partial charge in [0, 0.05) is 23.1 Å². The standard InChI is InChI=1S/C25H22N4O5S/c1-3-12-34-24(33)16-8-7-11-18(14-16)28-22(31)20-21(23(32)27-17-9-5-4-6-10-17)35-25-26-15(2)13-19(30)29(20)25/h4-11,13-14H,3,12H2,1-2H3,(H,27,32)(H,28,31). The second-order valence-corrected chi connectivity index (χ2v) is 8.60. The van der Waals surface area contributed by atoms with E-state index in [0.717, 1.165) is 15.7 Å². The number of hydrogen-bond donors (Lipinski definition) is 2. The summed E-state index contributed by atoms with van der Waals surface area (Å²) in [4.78, 5) is 56.0. The van der Waals surface area contributed by atoms with E-state index in [2.05, 4.69) is 15.6 Å². The van der Waals surface area contributed by atoms with Gasteiger partial charge >= 0.3 is 5.97 Å². The second-order valence-electron chi connectivity index (χ2n) is 7.62. The van der Waals surface area contributed by atoms with Crippen molar-refractivity contribution in [2.24, 2.45) is 0 Å². The number of thiazole rings is 1. The van der Waals surface area contributed by atoms with Gasteiger partial charge in [-0.2, -0.15) is 0 Å². The number of ether oxygens (including phenoxy) is 1. The number of carbonyl (C=O) groups excluding carboxylic acids is 3. The van der Waals surface area contributed by atoms with E-state index < -0.39 is 23.3 Å². The molecular weight excluding hydrogens is 468 g/mol. The highest BCUT2D eigenvalue weighted by atomic mass is 32.1. The maximum absolute atomic E-state index is 13.4. The zero-order valence-electron chi connectivity index (χ0n) is 19.0. The topological polar surface area (TPSA) is 119 Å². The number of hydrogen-bond acceptors (Lipinski definition) is 7. The lowest BCUT2D eigenvalue weighted by Gasteiger charge is -2.09. The summed E-state index contributed by atoms with van der Waals surface area (Å²) in [5.41, 5.74) is 0.956. The first-order valence-corrected chi connectivity index (χ1v) is 11.7. The first kappa shape index (κ1) is 23.8. The largest absolute Gasteiger partial charge is 0.462 e. The van der Waals surface area contributed by atoms with Crippen LogP contribution in [0.4, 0.5) is 11.4 Å². The lowest BCUT2D eigenvalue weighted by atomic mass is 10.2. The lowest BCUT2D eigenvalue weighted by Crippen LogP contribution is -2.25. The smallest absolute Gasteiger partial charge is 0.338 e. The molecule has 9 nitrogen and oxygen atoms in total. The summed E-state index contributed by atoms with van der Waals surface area (Å²) in [6.45, 7) is 3.83. The Morgan fingerprint density at radius 3 is 2.43 bits per heavy atom. The van der Waals surface area contributed by atoms with Crippen molar-refractivity contribution in [2.75, 3.05) is 17.2 Å². The van der Waals surface area contributed by atoms with E-state index in [1.54, 1.807) is 49.4 Å². The highest BCUT2D eigenvalue weighted by Gasteiger charge is 2.26. The molecule has 35 heavy (non-hydrogen) atoms. The summed E-state index contributed by atoms with van der Waals surface area (Å²) < 4.78 is 6.26. The molecule has 2 aromatic carbocycles. The fourth-order valence-corrected chi connectivity index (χ4v) is 4.42. The number of amides is 2. The van der Waals surface area contributed by atoms with Crippen molar-refractivity contribution >= 4 is 45.5 Å². The van der Waals surface area contributed by atoms with Crippen LogP contribution < -0.4 is 16.2 Å². The van der Waals surface area contributed by atoms with Crippen molar-refractivity contribution in [2.45, 2.75) is 20.3 Å². The van der Waals surface area contributed by atoms with Crippen LogP contribution in [0.1, 0.15) is 49.6 Å². The molecule has 0 aliphatic carbocycles. The Balaban J connectivity index is 1.71. The molecule has 0 saturated heterocycles. The van der Waals surface area contributed by atoms with Gasteiger partial charge in [-0.1, -0.05) is 42.5 Å². The normalized spacial score (nSPS) is 10.7. The quantitative estimate of drug-likeness (QED) is 0.376. The van der Waals surface area contributed by atoms with Gasteiger partial charge in [-0.05, 0) is 43.7 Å². The van der Waals surface area contributed by atoms with E-state index >= 15 is 0 Å². The molecule has 0 unspecified atom stereocenters. The molecule has 0 aliphatic heterocycles. The Hall–Kier alpha value is -4.31. The van der Waals surface area contributed by atoms with Gasteiger partial charge in [0.2, 0.25) is 0 Å². The molecule has 2 aromatic heterocycles. The van der Waals surface area contributed by atoms with Crippen LogP contribution in [0.5, 0.6) is 0 Å². The molecular formula is C25H22N4O5S. The number of carbonyl (C=O) groups is 3. The molecule has 0 radical (unpaired) electrons. The first-order valence-electron chi connectivity index (χ1n) is 10.9. The number of benzene rings is 2. The average molecular weight is 491 g/mol. The van der Waals surface area contributed by atoms with Gasteiger partial charge in [-0.15, -0.1) is 0 Å². The fourth-order valence-electron chi connectivity index (χ4n) is 3.35. The van der Waals surface area contributed by atoms with E-state index in [1.807, 2.05) is 13.0 Å². The monoisotopic (exact) mass is 490 g/mol. The number of nitrogens with zero attached hydrogens (tertiary/aromatic N) is 2. The van der Waals surface area contributed by atoms with Gasteiger partial charge in [0.25, 0.3) is 17.4 Å². The van der Waals surface area contributed by atoms with Gasteiger partial charge in [0.15, 0.2) is 4.96 Å². The lowest BCUT2D eigenvalue weighted by molar-refractivity contribution is 0.0505. The van der Waals surface area contributed by atoms with Crippen molar-refractivity contribution in [3.63, 3.8) is 0 Å². The molecule has 0 bridgehead atoms. The van der Waals surface area contributed by atoms with Gasteiger partial charge < -0.3 is 15.4 Å². The van der Waals surface area contributed by atoms with Crippen molar-refractivity contribution in [1.29, 1.82) is 0 Å². The van der Waals surface area contributed by atoms with Gasteiger partial charge in [-0.3, -0.25) is 14.4 Å². The Labute approximate surface area is 204 Å². The van der Waals surface area contributed by atoms with Crippen LogP contribution in [0, 0.1) is 6.92 Å². The zero-order valence-corrected chi connectivity index (χ0v) is 19.8. The number of aryl methyl sites for hydroxylation is 1. The van der Waals surface area contributed by atoms with Crippen LogP contribution in [0.25, 0.3) is 4.96 Å². The van der Waals surface area contributed by atoms with Crippen molar-refractivity contribution in [3.05, 3.63) is 92.8 Å². The van der Waals surface area contributed by atoms with Crippen LogP contribution in [0.3, 0.4) is 0 Å². The minimum atomic E-state index is -0.693. The summed E-state index contributed by atoms with van der Waals surface area (Å²) in [7, 11) is 0. The third-order valence-corrected chi connectivity index (χ3v) is 5.93. The van der Waals surface area contributed by atoms with Crippen molar-refractivity contribution in [3.8, 4) is 0 Å².